The van der Waals surface area contributed by atoms with Gasteiger partial charge >= 0.3 is 0 Å². The first-order chi connectivity index (χ1) is 7.79. The molecule has 2 aromatic rings. The van der Waals surface area contributed by atoms with Crippen LogP contribution in [0.2, 0.25) is 0 Å². The van der Waals surface area contributed by atoms with Gasteiger partial charge in [-0.05, 0) is 19.1 Å². The summed E-state index contributed by atoms with van der Waals surface area (Å²) in [6.45, 7) is 2.01. The zero-order valence-corrected chi connectivity index (χ0v) is 9.27. The summed E-state index contributed by atoms with van der Waals surface area (Å²) in [5.74, 6) is 2.32. The molecule has 0 aromatic carbocycles. The first-order valence-electron chi connectivity index (χ1n) is 5.09. The topological polar surface area (TPSA) is 63.0 Å². The molecule has 2 aromatic heterocycles. The van der Waals surface area contributed by atoms with Crippen LogP contribution in [-0.2, 0) is 0 Å². The van der Waals surface area contributed by atoms with Crippen LogP contribution in [0.15, 0.2) is 35.2 Å². The maximum absolute atomic E-state index is 5.30. The van der Waals surface area contributed by atoms with E-state index in [1.165, 1.54) is 0 Å². The highest BCUT2D eigenvalue weighted by molar-refractivity contribution is 5.42. The van der Waals surface area contributed by atoms with Crippen molar-refractivity contribution in [3.05, 3.63) is 36.5 Å². The maximum atomic E-state index is 5.30. The van der Waals surface area contributed by atoms with Crippen molar-refractivity contribution in [1.82, 2.24) is 9.97 Å². The molecule has 0 aliphatic rings. The Morgan fingerprint density at radius 2 is 2.12 bits per heavy atom. The van der Waals surface area contributed by atoms with Gasteiger partial charge < -0.3 is 15.1 Å². The zero-order valence-electron chi connectivity index (χ0n) is 9.27. The van der Waals surface area contributed by atoms with E-state index in [0.717, 1.165) is 17.4 Å². The molecule has 0 saturated carbocycles. The number of rotatable bonds is 4. The molecule has 2 N–H and O–H groups in total. The SMILES string of the molecule is CNc1cncc(NC(C)c2ccco2)n1. The van der Waals surface area contributed by atoms with Gasteiger partial charge in [0.25, 0.3) is 0 Å². The Morgan fingerprint density at radius 1 is 1.31 bits per heavy atom. The maximum Gasteiger partial charge on any atom is 0.147 e. The summed E-state index contributed by atoms with van der Waals surface area (Å²) < 4.78 is 5.30. The number of hydrogen-bond acceptors (Lipinski definition) is 5. The molecule has 0 bridgehead atoms. The highest BCUT2D eigenvalue weighted by atomic mass is 16.3. The van der Waals surface area contributed by atoms with Gasteiger partial charge in [0, 0.05) is 7.05 Å². The number of aromatic nitrogens is 2. The minimum Gasteiger partial charge on any atom is -0.467 e. The van der Waals surface area contributed by atoms with E-state index in [0.29, 0.717) is 0 Å². The van der Waals surface area contributed by atoms with Gasteiger partial charge in [-0.3, -0.25) is 4.98 Å². The Labute approximate surface area is 93.9 Å². The lowest BCUT2D eigenvalue weighted by Crippen LogP contribution is -2.08. The fourth-order valence-corrected chi connectivity index (χ4v) is 1.39. The summed E-state index contributed by atoms with van der Waals surface area (Å²) in [5, 5.41) is 6.15. The molecule has 0 saturated heterocycles. The lowest BCUT2D eigenvalue weighted by molar-refractivity contribution is 0.490. The molecule has 1 atom stereocenters. The molecule has 2 heterocycles. The Kier molecular flexibility index (Phi) is 3.05. The second-order valence-corrected chi connectivity index (χ2v) is 3.42. The second-order valence-electron chi connectivity index (χ2n) is 3.42. The van der Waals surface area contributed by atoms with Gasteiger partial charge in [0.2, 0.25) is 0 Å². The molecule has 1 unspecified atom stereocenters. The molecule has 2 rings (SSSR count). The molecule has 0 radical (unpaired) electrons. The van der Waals surface area contributed by atoms with Gasteiger partial charge in [0.05, 0.1) is 24.7 Å². The number of anilines is 2. The van der Waals surface area contributed by atoms with Gasteiger partial charge in [-0.2, -0.15) is 0 Å². The number of hydrogen-bond donors (Lipinski definition) is 2. The Hall–Kier alpha value is -2.04. The molecule has 84 valence electrons. The average molecular weight is 218 g/mol. The van der Waals surface area contributed by atoms with Crippen molar-refractivity contribution in [2.75, 3.05) is 17.7 Å². The third-order valence-electron chi connectivity index (χ3n) is 2.23. The fourth-order valence-electron chi connectivity index (χ4n) is 1.39. The van der Waals surface area contributed by atoms with E-state index >= 15 is 0 Å². The van der Waals surface area contributed by atoms with Crippen LogP contribution < -0.4 is 10.6 Å². The quantitative estimate of drug-likeness (QED) is 0.824. The third kappa shape index (κ3) is 2.31. The van der Waals surface area contributed by atoms with Gasteiger partial charge in [-0.1, -0.05) is 0 Å². The lowest BCUT2D eigenvalue weighted by atomic mass is 10.2. The van der Waals surface area contributed by atoms with Crippen LogP contribution in [0, 0.1) is 0 Å². The normalized spacial score (nSPS) is 12.1. The second kappa shape index (κ2) is 4.65. The van der Waals surface area contributed by atoms with Gasteiger partial charge in [0.15, 0.2) is 0 Å². The molecule has 5 heteroatoms. The highest BCUT2D eigenvalue weighted by Gasteiger charge is 2.08. The minimum absolute atomic E-state index is 0.0661. The molecule has 5 nitrogen and oxygen atoms in total. The number of nitrogens with zero attached hydrogens (tertiary/aromatic N) is 2. The zero-order chi connectivity index (χ0) is 11.4. The summed E-state index contributed by atoms with van der Waals surface area (Å²) >= 11 is 0. The summed E-state index contributed by atoms with van der Waals surface area (Å²) in [6, 6.07) is 3.85. The number of nitrogens with one attached hydrogen (secondary N) is 2. The highest BCUT2D eigenvalue weighted by Crippen LogP contribution is 2.18. The Balaban J connectivity index is 2.08. The molecular weight excluding hydrogens is 204 g/mol. The molecular formula is C11H14N4O. The van der Waals surface area contributed by atoms with E-state index in [9.17, 15) is 0 Å². The van der Waals surface area contributed by atoms with Crippen molar-refractivity contribution in [2.24, 2.45) is 0 Å². The molecule has 0 spiro atoms. The first kappa shape index (κ1) is 10.5. The van der Waals surface area contributed by atoms with Crippen LogP contribution in [0.5, 0.6) is 0 Å². The van der Waals surface area contributed by atoms with Crippen molar-refractivity contribution in [3.63, 3.8) is 0 Å². The van der Waals surface area contributed by atoms with E-state index < -0.39 is 0 Å². The number of furan rings is 1. The Morgan fingerprint density at radius 3 is 2.81 bits per heavy atom. The summed E-state index contributed by atoms with van der Waals surface area (Å²) in [7, 11) is 1.81. The first-order valence-corrected chi connectivity index (χ1v) is 5.09. The fraction of sp³-hybridized carbons (Fsp3) is 0.273. The van der Waals surface area contributed by atoms with Gasteiger partial charge in [0.1, 0.15) is 17.4 Å². The van der Waals surface area contributed by atoms with Crippen molar-refractivity contribution >= 4 is 11.6 Å². The average Bonchev–Trinajstić information content (AvgIpc) is 2.83. The smallest absolute Gasteiger partial charge is 0.147 e. The predicted molar refractivity (Wildman–Crippen MR) is 62.3 cm³/mol. The largest absolute Gasteiger partial charge is 0.467 e. The van der Waals surface area contributed by atoms with E-state index in [1.807, 2.05) is 26.1 Å². The van der Waals surface area contributed by atoms with Crippen molar-refractivity contribution < 1.29 is 4.42 Å². The van der Waals surface area contributed by atoms with Crippen LogP contribution in [0.3, 0.4) is 0 Å². The molecule has 0 amide bonds. The molecule has 0 fully saturated rings. The van der Waals surface area contributed by atoms with Crippen molar-refractivity contribution in [1.29, 1.82) is 0 Å². The van der Waals surface area contributed by atoms with E-state index in [1.54, 1.807) is 18.7 Å². The lowest BCUT2D eigenvalue weighted by Gasteiger charge is -2.12. The van der Waals surface area contributed by atoms with E-state index in [4.69, 9.17) is 4.42 Å². The van der Waals surface area contributed by atoms with Crippen molar-refractivity contribution in [2.45, 2.75) is 13.0 Å². The van der Waals surface area contributed by atoms with Crippen LogP contribution >= 0.6 is 0 Å². The van der Waals surface area contributed by atoms with Crippen LogP contribution in [-0.4, -0.2) is 17.0 Å². The predicted octanol–water partition coefficient (Wildman–Crippen LogP) is 2.28. The third-order valence-corrected chi connectivity index (χ3v) is 2.23. The van der Waals surface area contributed by atoms with E-state index in [-0.39, 0.29) is 6.04 Å². The van der Waals surface area contributed by atoms with Gasteiger partial charge in [-0.15, -0.1) is 0 Å². The summed E-state index contributed by atoms with van der Waals surface area (Å²) in [4.78, 5) is 8.39. The van der Waals surface area contributed by atoms with E-state index in [2.05, 4.69) is 20.6 Å². The van der Waals surface area contributed by atoms with Gasteiger partial charge in [-0.25, -0.2) is 4.98 Å². The minimum atomic E-state index is 0.0661. The summed E-state index contributed by atoms with van der Waals surface area (Å²) in [6.07, 6.45) is 5.01. The molecule has 0 aliphatic heterocycles. The molecule has 16 heavy (non-hydrogen) atoms. The Bertz CT molecular complexity index is 441. The molecule has 0 aliphatic carbocycles. The van der Waals surface area contributed by atoms with Crippen LogP contribution in [0.25, 0.3) is 0 Å². The summed E-state index contributed by atoms with van der Waals surface area (Å²) in [5.41, 5.74) is 0. The monoisotopic (exact) mass is 218 g/mol. The van der Waals surface area contributed by atoms with Crippen molar-refractivity contribution in [3.8, 4) is 0 Å². The van der Waals surface area contributed by atoms with Crippen LogP contribution in [0.1, 0.15) is 18.7 Å². The van der Waals surface area contributed by atoms with Crippen LogP contribution in [0.4, 0.5) is 11.6 Å². The standard InChI is InChI=1S/C11H14N4O/c1-8(9-4-3-5-16-9)14-11-7-13-6-10(12-2)15-11/h3-8H,1-2H3,(H2,12,14,15).